The maximum atomic E-state index is 4.77. The van der Waals surface area contributed by atoms with Gasteiger partial charge in [-0.3, -0.25) is 0 Å². The topological polar surface area (TPSA) is 16.1 Å². The van der Waals surface area contributed by atoms with Crippen molar-refractivity contribution in [1.29, 1.82) is 0 Å². The normalized spacial score (nSPS) is 11.6. The molecule has 3 aromatic rings. The van der Waals surface area contributed by atoms with E-state index in [4.69, 9.17) is 4.98 Å². The van der Waals surface area contributed by atoms with Crippen molar-refractivity contribution in [2.24, 2.45) is 0 Å². The van der Waals surface area contributed by atoms with Crippen molar-refractivity contribution in [1.82, 2.24) is 9.88 Å². The van der Waals surface area contributed by atoms with Gasteiger partial charge in [-0.25, -0.2) is 4.98 Å². The number of aryl methyl sites for hydroxylation is 1. The Hall–Kier alpha value is -1.93. The molecule has 0 aliphatic heterocycles. The Labute approximate surface area is 120 Å². The molecule has 0 saturated heterocycles. The first-order chi connectivity index (χ1) is 9.75. The van der Waals surface area contributed by atoms with E-state index in [0.717, 1.165) is 24.0 Å². The monoisotopic (exact) mass is 264 g/mol. The second-order valence-electron chi connectivity index (χ2n) is 5.53. The Kier molecular flexibility index (Phi) is 3.66. The van der Waals surface area contributed by atoms with E-state index < -0.39 is 0 Å². The van der Waals surface area contributed by atoms with Gasteiger partial charge in [0.2, 0.25) is 0 Å². The van der Waals surface area contributed by atoms with E-state index >= 15 is 0 Å². The molecular weight excluding hydrogens is 244 g/mol. The third-order valence-corrected chi connectivity index (χ3v) is 3.73. The van der Waals surface area contributed by atoms with Gasteiger partial charge in [0.25, 0.3) is 0 Å². The first-order valence-corrected chi connectivity index (χ1v) is 7.17. The van der Waals surface area contributed by atoms with Crippen molar-refractivity contribution in [2.45, 2.75) is 12.8 Å². The predicted molar refractivity (Wildman–Crippen MR) is 86.1 cm³/mol. The standard InChI is InChI=1S/C18H20N2/c1-20(2)13-7-10-14-15-8-3-5-11-17(15)19-18-12-6-4-9-16(14)18/h3-6,8-9,11-12H,7,10,13H2,1-2H3. The molecular formula is C18H20N2. The van der Waals surface area contributed by atoms with E-state index in [1.54, 1.807) is 0 Å². The van der Waals surface area contributed by atoms with E-state index in [2.05, 4.69) is 67.5 Å². The minimum absolute atomic E-state index is 1.10. The zero-order chi connectivity index (χ0) is 13.9. The number of aromatic nitrogens is 1. The smallest absolute Gasteiger partial charge is 0.0712 e. The van der Waals surface area contributed by atoms with Gasteiger partial charge in [-0.1, -0.05) is 36.4 Å². The molecule has 0 fully saturated rings. The fraction of sp³-hybridized carbons (Fsp3) is 0.278. The lowest BCUT2D eigenvalue weighted by Gasteiger charge is -2.13. The second kappa shape index (κ2) is 5.59. The molecule has 0 atom stereocenters. The Morgan fingerprint density at radius 1 is 0.850 bits per heavy atom. The summed E-state index contributed by atoms with van der Waals surface area (Å²) in [4.78, 5) is 7.01. The number of para-hydroxylation sites is 2. The van der Waals surface area contributed by atoms with Gasteiger partial charge in [0.15, 0.2) is 0 Å². The van der Waals surface area contributed by atoms with Gasteiger partial charge in [0, 0.05) is 10.8 Å². The second-order valence-corrected chi connectivity index (χ2v) is 5.53. The molecule has 2 nitrogen and oxygen atoms in total. The first-order valence-electron chi connectivity index (χ1n) is 7.17. The van der Waals surface area contributed by atoms with Gasteiger partial charge < -0.3 is 4.90 Å². The van der Waals surface area contributed by atoms with Gasteiger partial charge >= 0.3 is 0 Å². The molecule has 0 amide bonds. The van der Waals surface area contributed by atoms with E-state index in [-0.39, 0.29) is 0 Å². The average molecular weight is 264 g/mol. The highest BCUT2D eigenvalue weighted by Crippen LogP contribution is 2.26. The number of hydrogen-bond donors (Lipinski definition) is 0. The zero-order valence-electron chi connectivity index (χ0n) is 12.1. The van der Waals surface area contributed by atoms with Crippen LogP contribution in [0, 0.1) is 0 Å². The van der Waals surface area contributed by atoms with Gasteiger partial charge in [0.1, 0.15) is 0 Å². The molecule has 1 heterocycles. The SMILES string of the molecule is CN(C)CCCc1c2ccccc2nc2ccccc12. The van der Waals surface area contributed by atoms with Crippen LogP contribution < -0.4 is 0 Å². The summed E-state index contributed by atoms with van der Waals surface area (Å²) in [7, 11) is 4.26. The highest BCUT2D eigenvalue weighted by Gasteiger charge is 2.08. The minimum Gasteiger partial charge on any atom is -0.309 e. The molecule has 0 unspecified atom stereocenters. The lowest BCUT2D eigenvalue weighted by Crippen LogP contribution is -2.13. The molecule has 3 rings (SSSR count). The minimum atomic E-state index is 1.10. The number of rotatable bonds is 4. The van der Waals surface area contributed by atoms with Gasteiger partial charge in [-0.05, 0) is 51.2 Å². The van der Waals surface area contributed by atoms with Crippen LogP contribution in [0.2, 0.25) is 0 Å². The van der Waals surface area contributed by atoms with Gasteiger partial charge in [-0.2, -0.15) is 0 Å². The summed E-state index contributed by atoms with van der Waals surface area (Å²) in [6.45, 7) is 1.12. The van der Waals surface area contributed by atoms with E-state index in [0.29, 0.717) is 0 Å². The Balaban J connectivity index is 2.12. The van der Waals surface area contributed by atoms with Crippen LogP contribution in [-0.4, -0.2) is 30.5 Å². The van der Waals surface area contributed by atoms with E-state index in [1.165, 1.54) is 22.8 Å². The third kappa shape index (κ3) is 2.52. The molecule has 2 aromatic carbocycles. The molecule has 0 spiro atoms. The van der Waals surface area contributed by atoms with E-state index in [1.807, 2.05) is 0 Å². The maximum absolute atomic E-state index is 4.77. The summed E-state index contributed by atoms with van der Waals surface area (Å²) in [6.07, 6.45) is 2.27. The molecule has 102 valence electrons. The third-order valence-electron chi connectivity index (χ3n) is 3.73. The highest BCUT2D eigenvalue weighted by atomic mass is 15.0. The molecule has 1 aromatic heterocycles. The molecule has 2 heteroatoms. The largest absolute Gasteiger partial charge is 0.309 e. The fourth-order valence-electron chi connectivity index (χ4n) is 2.77. The number of nitrogens with zero attached hydrogens (tertiary/aromatic N) is 2. The summed E-state index contributed by atoms with van der Waals surface area (Å²) in [5, 5.41) is 2.59. The highest BCUT2D eigenvalue weighted by molar-refractivity contribution is 5.97. The summed E-state index contributed by atoms with van der Waals surface area (Å²) < 4.78 is 0. The zero-order valence-corrected chi connectivity index (χ0v) is 12.1. The fourth-order valence-corrected chi connectivity index (χ4v) is 2.77. The lowest BCUT2D eigenvalue weighted by atomic mass is 9.99. The Morgan fingerprint density at radius 3 is 1.95 bits per heavy atom. The summed E-state index contributed by atoms with van der Waals surface area (Å²) in [6, 6.07) is 16.9. The Bertz CT molecular complexity index is 678. The summed E-state index contributed by atoms with van der Waals surface area (Å²) in [5.41, 5.74) is 3.64. The summed E-state index contributed by atoms with van der Waals surface area (Å²) >= 11 is 0. The average Bonchev–Trinajstić information content (AvgIpc) is 2.46. The molecule has 0 aliphatic carbocycles. The first kappa shape index (κ1) is 13.1. The van der Waals surface area contributed by atoms with Crippen molar-refractivity contribution in [3.05, 3.63) is 54.1 Å². The molecule has 0 radical (unpaired) electrons. The maximum Gasteiger partial charge on any atom is 0.0712 e. The molecule has 0 aliphatic rings. The van der Waals surface area contributed by atoms with Crippen LogP contribution in [0.4, 0.5) is 0 Å². The van der Waals surface area contributed by atoms with E-state index in [9.17, 15) is 0 Å². The molecule has 0 N–H and O–H groups in total. The number of pyridine rings is 1. The van der Waals surface area contributed by atoms with Crippen LogP contribution in [0.25, 0.3) is 21.8 Å². The van der Waals surface area contributed by atoms with Crippen molar-refractivity contribution in [3.63, 3.8) is 0 Å². The van der Waals surface area contributed by atoms with Gasteiger partial charge in [-0.15, -0.1) is 0 Å². The van der Waals surface area contributed by atoms with Gasteiger partial charge in [0.05, 0.1) is 11.0 Å². The van der Waals surface area contributed by atoms with Crippen LogP contribution in [0.1, 0.15) is 12.0 Å². The molecule has 0 bridgehead atoms. The molecule has 20 heavy (non-hydrogen) atoms. The quantitative estimate of drug-likeness (QED) is 0.665. The van der Waals surface area contributed by atoms with Crippen LogP contribution in [0.5, 0.6) is 0 Å². The predicted octanol–water partition coefficient (Wildman–Crippen LogP) is 3.88. The van der Waals surface area contributed by atoms with Crippen molar-refractivity contribution >= 4 is 21.8 Å². The van der Waals surface area contributed by atoms with Crippen LogP contribution in [0.3, 0.4) is 0 Å². The van der Waals surface area contributed by atoms with Crippen LogP contribution >= 0.6 is 0 Å². The van der Waals surface area contributed by atoms with Crippen LogP contribution in [-0.2, 0) is 6.42 Å². The molecule has 0 saturated carbocycles. The van der Waals surface area contributed by atoms with Crippen molar-refractivity contribution < 1.29 is 0 Å². The number of fused-ring (bicyclic) bond motifs is 2. The van der Waals surface area contributed by atoms with Crippen LogP contribution in [0.15, 0.2) is 48.5 Å². The van der Waals surface area contributed by atoms with Crippen molar-refractivity contribution in [2.75, 3.05) is 20.6 Å². The lowest BCUT2D eigenvalue weighted by molar-refractivity contribution is 0.401. The number of hydrogen-bond acceptors (Lipinski definition) is 2. The van der Waals surface area contributed by atoms with Crippen molar-refractivity contribution in [3.8, 4) is 0 Å². The number of benzene rings is 2. The Morgan fingerprint density at radius 2 is 1.40 bits per heavy atom. The summed E-state index contributed by atoms with van der Waals surface area (Å²) in [5.74, 6) is 0.